The van der Waals surface area contributed by atoms with E-state index in [4.69, 9.17) is 15.2 Å². The monoisotopic (exact) mass is 264 g/mol. The fraction of sp³-hybridized carbons (Fsp3) is 0.500. The van der Waals surface area contributed by atoms with E-state index in [9.17, 15) is 4.79 Å². The van der Waals surface area contributed by atoms with Crippen molar-refractivity contribution in [1.29, 1.82) is 0 Å². The number of anilines is 1. The van der Waals surface area contributed by atoms with Crippen molar-refractivity contribution >= 4 is 11.7 Å². The Balaban J connectivity index is 2.06. The number of piperidine rings is 1. The molecule has 0 amide bonds. The summed E-state index contributed by atoms with van der Waals surface area (Å²) in [7, 11) is 3.57. The SMILES string of the molecule is COc1c(N)cccc1C(=O)OC1CCN(C)CC1. The molecular weight excluding hydrogens is 244 g/mol. The highest BCUT2D eigenvalue weighted by molar-refractivity contribution is 5.94. The molecule has 0 atom stereocenters. The second kappa shape index (κ2) is 5.93. The first-order valence-electron chi connectivity index (χ1n) is 6.44. The number of methoxy groups -OCH3 is 1. The lowest BCUT2D eigenvalue weighted by Crippen LogP contribution is -2.35. The van der Waals surface area contributed by atoms with Gasteiger partial charge in [0.2, 0.25) is 0 Å². The van der Waals surface area contributed by atoms with Crippen molar-refractivity contribution in [2.24, 2.45) is 0 Å². The molecule has 2 rings (SSSR count). The van der Waals surface area contributed by atoms with E-state index < -0.39 is 0 Å². The summed E-state index contributed by atoms with van der Waals surface area (Å²) in [6, 6.07) is 5.10. The zero-order valence-electron chi connectivity index (χ0n) is 11.4. The highest BCUT2D eigenvalue weighted by atomic mass is 16.5. The van der Waals surface area contributed by atoms with Gasteiger partial charge in [-0.05, 0) is 32.0 Å². The van der Waals surface area contributed by atoms with Crippen molar-refractivity contribution in [2.75, 3.05) is 33.0 Å². The fourth-order valence-corrected chi connectivity index (χ4v) is 2.26. The third-order valence-electron chi connectivity index (χ3n) is 3.41. The lowest BCUT2D eigenvalue weighted by Gasteiger charge is -2.28. The number of likely N-dealkylation sites (tertiary alicyclic amines) is 1. The highest BCUT2D eigenvalue weighted by Gasteiger charge is 2.23. The van der Waals surface area contributed by atoms with Crippen LogP contribution in [0.5, 0.6) is 5.75 Å². The van der Waals surface area contributed by atoms with Crippen LogP contribution in [0.1, 0.15) is 23.2 Å². The Bertz CT molecular complexity index is 454. The van der Waals surface area contributed by atoms with Gasteiger partial charge in [-0.1, -0.05) is 6.07 Å². The van der Waals surface area contributed by atoms with Crippen LogP contribution < -0.4 is 10.5 Å². The molecule has 1 saturated heterocycles. The van der Waals surface area contributed by atoms with Crippen LogP contribution in [0, 0.1) is 0 Å². The minimum atomic E-state index is -0.362. The molecule has 5 nitrogen and oxygen atoms in total. The van der Waals surface area contributed by atoms with Gasteiger partial charge in [0.25, 0.3) is 0 Å². The Morgan fingerprint density at radius 2 is 2.05 bits per heavy atom. The highest BCUT2D eigenvalue weighted by Crippen LogP contribution is 2.27. The summed E-state index contributed by atoms with van der Waals surface area (Å²) in [6.07, 6.45) is 1.72. The third kappa shape index (κ3) is 3.17. The molecular formula is C14H20N2O3. The van der Waals surface area contributed by atoms with Crippen LogP contribution in [0.3, 0.4) is 0 Å². The van der Waals surface area contributed by atoms with E-state index in [1.807, 2.05) is 0 Å². The van der Waals surface area contributed by atoms with Crippen molar-refractivity contribution in [2.45, 2.75) is 18.9 Å². The molecule has 5 heteroatoms. The molecule has 1 aromatic carbocycles. The van der Waals surface area contributed by atoms with E-state index >= 15 is 0 Å². The summed E-state index contributed by atoms with van der Waals surface area (Å²) < 4.78 is 10.7. The Morgan fingerprint density at radius 3 is 2.68 bits per heavy atom. The van der Waals surface area contributed by atoms with Crippen LogP contribution >= 0.6 is 0 Å². The molecule has 0 spiro atoms. The number of hydrogen-bond acceptors (Lipinski definition) is 5. The molecule has 1 aliphatic rings. The first kappa shape index (κ1) is 13.7. The van der Waals surface area contributed by atoms with Crippen LogP contribution in [0.15, 0.2) is 18.2 Å². The molecule has 1 aromatic rings. The standard InChI is InChI=1S/C14H20N2O3/c1-16-8-6-10(7-9-16)19-14(17)11-4-3-5-12(15)13(11)18-2/h3-5,10H,6-9,15H2,1-2H3. The molecule has 0 bridgehead atoms. The lowest BCUT2D eigenvalue weighted by molar-refractivity contribution is 0.0136. The number of nitrogen functional groups attached to an aromatic ring is 1. The zero-order valence-corrected chi connectivity index (χ0v) is 11.4. The number of benzene rings is 1. The smallest absolute Gasteiger partial charge is 0.342 e. The summed E-state index contributed by atoms with van der Waals surface area (Å²) in [5.74, 6) is 0.0270. The number of nitrogens with zero attached hydrogens (tertiary/aromatic N) is 1. The number of carbonyl (C=O) groups is 1. The van der Waals surface area contributed by atoms with Gasteiger partial charge in [0.15, 0.2) is 5.75 Å². The van der Waals surface area contributed by atoms with E-state index in [-0.39, 0.29) is 12.1 Å². The van der Waals surface area contributed by atoms with E-state index in [2.05, 4.69) is 11.9 Å². The average molecular weight is 264 g/mol. The first-order valence-corrected chi connectivity index (χ1v) is 6.44. The summed E-state index contributed by atoms with van der Waals surface area (Å²) in [5, 5.41) is 0. The molecule has 0 unspecified atom stereocenters. The number of ether oxygens (including phenoxy) is 2. The Morgan fingerprint density at radius 1 is 1.37 bits per heavy atom. The molecule has 0 radical (unpaired) electrons. The maximum Gasteiger partial charge on any atom is 0.342 e. The van der Waals surface area contributed by atoms with Crippen LogP contribution in [0.25, 0.3) is 0 Å². The van der Waals surface area contributed by atoms with Gasteiger partial charge in [-0.25, -0.2) is 4.79 Å². The number of esters is 1. The van der Waals surface area contributed by atoms with Crippen molar-refractivity contribution < 1.29 is 14.3 Å². The second-order valence-electron chi connectivity index (χ2n) is 4.84. The number of rotatable bonds is 3. The first-order chi connectivity index (χ1) is 9.11. The molecule has 1 aliphatic heterocycles. The molecule has 104 valence electrons. The minimum absolute atomic E-state index is 0.0187. The summed E-state index contributed by atoms with van der Waals surface area (Å²) in [6.45, 7) is 1.90. The van der Waals surface area contributed by atoms with Gasteiger partial charge in [0.05, 0.1) is 12.8 Å². The number of carbonyl (C=O) groups excluding carboxylic acids is 1. The van der Waals surface area contributed by atoms with E-state index in [0.29, 0.717) is 17.0 Å². The van der Waals surface area contributed by atoms with Crippen molar-refractivity contribution in [1.82, 2.24) is 4.90 Å². The summed E-state index contributed by atoms with van der Waals surface area (Å²) in [5.41, 5.74) is 6.62. The zero-order chi connectivity index (χ0) is 13.8. The predicted molar refractivity (Wildman–Crippen MR) is 73.3 cm³/mol. The Labute approximate surface area is 113 Å². The molecule has 0 aliphatic carbocycles. The lowest BCUT2D eigenvalue weighted by atomic mass is 10.1. The van der Waals surface area contributed by atoms with Crippen molar-refractivity contribution in [3.8, 4) is 5.75 Å². The summed E-state index contributed by atoms with van der Waals surface area (Å²) in [4.78, 5) is 14.4. The predicted octanol–water partition coefficient (Wildman–Crippen LogP) is 1.53. The largest absolute Gasteiger partial charge is 0.494 e. The van der Waals surface area contributed by atoms with Crippen LogP contribution in [0.4, 0.5) is 5.69 Å². The maximum atomic E-state index is 12.2. The second-order valence-corrected chi connectivity index (χ2v) is 4.84. The van der Waals surface area contributed by atoms with Crippen molar-refractivity contribution in [3.63, 3.8) is 0 Å². The number of hydrogen-bond donors (Lipinski definition) is 1. The molecule has 0 saturated carbocycles. The van der Waals surface area contributed by atoms with E-state index in [0.717, 1.165) is 25.9 Å². The Hall–Kier alpha value is -1.75. The molecule has 1 heterocycles. The quantitative estimate of drug-likeness (QED) is 0.662. The van der Waals surface area contributed by atoms with Gasteiger partial charge in [-0.2, -0.15) is 0 Å². The maximum absolute atomic E-state index is 12.2. The fourth-order valence-electron chi connectivity index (χ4n) is 2.26. The van der Waals surface area contributed by atoms with Crippen LogP contribution in [0.2, 0.25) is 0 Å². The van der Waals surface area contributed by atoms with Gasteiger partial charge >= 0.3 is 5.97 Å². The molecule has 19 heavy (non-hydrogen) atoms. The van der Waals surface area contributed by atoms with Gasteiger partial charge in [-0.15, -0.1) is 0 Å². The van der Waals surface area contributed by atoms with E-state index in [1.165, 1.54) is 7.11 Å². The average Bonchev–Trinajstić information content (AvgIpc) is 2.41. The topological polar surface area (TPSA) is 64.8 Å². The third-order valence-corrected chi connectivity index (χ3v) is 3.41. The van der Waals surface area contributed by atoms with Crippen molar-refractivity contribution in [3.05, 3.63) is 23.8 Å². The number of para-hydroxylation sites is 1. The van der Waals surface area contributed by atoms with Gasteiger partial charge in [0, 0.05) is 13.1 Å². The van der Waals surface area contributed by atoms with Gasteiger partial charge in [-0.3, -0.25) is 0 Å². The molecule has 0 aromatic heterocycles. The van der Waals surface area contributed by atoms with Gasteiger partial charge in [0.1, 0.15) is 11.7 Å². The summed E-state index contributed by atoms with van der Waals surface area (Å²) >= 11 is 0. The number of nitrogens with two attached hydrogens (primary N) is 1. The Kier molecular flexibility index (Phi) is 4.27. The van der Waals surface area contributed by atoms with E-state index in [1.54, 1.807) is 18.2 Å². The molecule has 2 N–H and O–H groups in total. The van der Waals surface area contributed by atoms with Gasteiger partial charge < -0.3 is 20.1 Å². The van der Waals surface area contributed by atoms with Crippen LogP contribution in [-0.2, 0) is 4.74 Å². The minimum Gasteiger partial charge on any atom is -0.494 e. The molecule has 1 fully saturated rings. The normalized spacial score (nSPS) is 17.2. The van der Waals surface area contributed by atoms with Crippen LogP contribution in [-0.4, -0.2) is 44.2 Å².